The summed E-state index contributed by atoms with van der Waals surface area (Å²) in [6.07, 6.45) is 0. The second-order valence-electron chi connectivity index (χ2n) is 13.4. The number of nitrogens with zero attached hydrogens (tertiary/aromatic N) is 6. The molecule has 32 heteroatoms. The predicted octanol–water partition coefficient (Wildman–Crippen LogP) is 15.8. The number of nitrogens with one attached hydrogen (secondary N) is 4. The fraction of sp³-hybridized carbons (Fsp3) is 0.250. The van der Waals surface area contributed by atoms with Gasteiger partial charge in [-0.25, -0.2) is 0 Å². The van der Waals surface area contributed by atoms with Gasteiger partial charge in [-0.2, -0.15) is 27.3 Å². The Balaban J connectivity index is 0.000000162. The standard InChI is InChI=1S/C16H16Cl4N5O4P3.C16H15Cl4N5O4P3/c2*17-30(18)23-31(19,20)25-32(24-30,21-11-1-3-13-15(9-11)28-7-5-26-13)22-12-2-4-14-16(10-12)29-8-6-27-14/h1-4,9-10,21-22H,5-8H2;1-4,9-10H,5-8H2,(H,21,22)/q;-1/p+1. The van der Waals surface area contributed by atoms with Crippen LogP contribution in [0.15, 0.2) is 95.4 Å². The average Bonchev–Trinajstić information content (AvgIpc) is 3.21. The minimum atomic E-state index is -3.20. The molecule has 0 atom stereocenters. The molecule has 6 aliphatic rings. The lowest BCUT2D eigenvalue weighted by Crippen LogP contribution is -2.59. The van der Waals surface area contributed by atoms with E-state index >= 15 is 0 Å². The Kier molecular flexibility index (Phi) is 14.1. The Labute approximate surface area is 405 Å². The lowest BCUT2D eigenvalue weighted by molar-refractivity contribution is -0.330. The molecule has 10 rings (SSSR count). The van der Waals surface area contributed by atoms with Crippen LogP contribution in [0.1, 0.15) is 0 Å². The molecule has 6 heterocycles. The largest absolute Gasteiger partial charge is 0.528 e. The van der Waals surface area contributed by atoms with E-state index in [1.54, 1.807) is 48.5 Å². The van der Waals surface area contributed by atoms with Crippen LogP contribution in [0.5, 0.6) is 46.0 Å². The third-order valence-corrected chi connectivity index (χ3v) is 31.7. The van der Waals surface area contributed by atoms with Crippen LogP contribution in [0.4, 0.5) is 22.7 Å². The summed E-state index contributed by atoms with van der Waals surface area (Å²) in [7, 11) is -6.23. The molecule has 0 aromatic heterocycles. The van der Waals surface area contributed by atoms with Crippen LogP contribution in [0.25, 0.3) is 4.86 Å². The monoisotopic (exact) mass is 1150 g/mol. The number of hydrogen-bond donors (Lipinski definition) is 4. The summed E-state index contributed by atoms with van der Waals surface area (Å²) >= 11 is 51.2. The Morgan fingerprint density at radius 1 is 0.406 bits per heavy atom. The predicted molar refractivity (Wildman–Crippen MR) is 265 cm³/mol. The lowest BCUT2D eigenvalue weighted by atomic mass is 10.3. The first-order valence-electron chi connectivity index (χ1n) is 18.5. The van der Waals surface area contributed by atoms with Crippen LogP contribution in [0.2, 0.25) is 0 Å². The molecule has 0 amide bonds. The number of ether oxygens (including phenoxy) is 8. The third-order valence-electron chi connectivity index (χ3n) is 8.69. The molecule has 0 bridgehead atoms. The zero-order valence-corrected chi connectivity index (χ0v) is 43.7. The summed E-state index contributed by atoms with van der Waals surface area (Å²) in [6.45, 7) is 3.78. The van der Waals surface area contributed by atoms with Crippen LogP contribution in [0.3, 0.4) is 0 Å². The van der Waals surface area contributed by atoms with E-state index < -0.39 is 38.7 Å². The van der Waals surface area contributed by atoms with Crippen molar-refractivity contribution in [3.05, 3.63) is 77.7 Å². The van der Waals surface area contributed by atoms with Crippen molar-refractivity contribution in [3.63, 3.8) is 0 Å². The van der Waals surface area contributed by atoms with Crippen molar-refractivity contribution in [3.8, 4) is 46.0 Å². The molecule has 0 radical (unpaired) electrons. The Bertz CT molecular complexity index is 2780. The molecule has 0 fully saturated rings. The first-order chi connectivity index (χ1) is 30.4. The molecule has 4 N–H and O–H groups in total. The van der Waals surface area contributed by atoms with E-state index in [-0.39, 0.29) is 0 Å². The van der Waals surface area contributed by atoms with E-state index in [1.165, 1.54) is 0 Å². The maximum absolute atomic E-state index is 6.40. The molecule has 0 unspecified atom stereocenters. The molecule has 344 valence electrons. The van der Waals surface area contributed by atoms with Crippen molar-refractivity contribution in [2.75, 3.05) is 68.1 Å². The van der Waals surface area contributed by atoms with E-state index in [4.69, 9.17) is 128 Å². The maximum Gasteiger partial charge on any atom is 0.427 e. The minimum absolute atomic E-state index is 0.454. The van der Waals surface area contributed by atoms with Gasteiger partial charge < -0.3 is 52.9 Å². The number of anilines is 3. The summed E-state index contributed by atoms with van der Waals surface area (Å²) in [6, 6.07) is 21.5. The van der Waals surface area contributed by atoms with Crippen molar-refractivity contribution >= 4 is 151 Å². The van der Waals surface area contributed by atoms with Crippen molar-refractivity contribution in [1.82, 2.24) is 0 Å². The van der Waals surface area contributed by atoms with E-state index in [2.05, 4.69) is 47.4 Å². The first kappa shape index (κ1) is 47.4. The quantitative estimate of drug-likeness (QED) is 0.128. The molecule has 0 saturated carbocycles. The molecule has 64 heavy (non-hydrogen) atoms. The fourth-order valence-corrected chi connectivity index (χ4v) is 36.4. The maximum atomic E-state index is 6.40. The van der Waals surface area contributed by atoms with Gasteiger partial charge in [0.25, 0.3) is 19.3 Å². The van der Waals surface area contributed by atoms with E-state index in [0.29, 0.717) is 122 Å². The highest BCUT2D eigenvalue weighted by Crippen LogP contribution is 2.90. The van der Waals surface area contributed by atoms with E-state index in [1.807, 2.05) is 24.3 Å². The van der Waals surface area contributed by atoms with Crippen LogP contribution in [-0.2, 0) is 0 Å². The van der Waals surface area contributed by atoms with Crippen LogP contribution in [-0.4, -0.2) is 52.9 Å². The average molecular weight is 1150 g/mol. The number of rotatable bonds is 7. The molecule has 18 nitrogen and oxygen atoms in total. The van der Waals surface area contributed by atoms with Crippen LogP contribution in [0, 0.1) is 0 Å². The summed E-state index contributed by atoms with van der Waals surface area (Å²) in [5, 5.41) is 9.90. The second kappa shape index (κ2) is 19.0. The van der Waals surface area contributed by atoms with E-state index in [0.717, 1.165) is 0 Å². The van der Waals surface area contributed by atoms with Gasteiger partial charge >= 0.3 is 7.51 Å². The Morgan fingerprint density at radius 3 is 1.19 bits per heavy atom. The second-order valence-corrected chi connectivity index (χ2v) is 38.1. The van der Waals surface area contributed by atoms with Gasteiger partial charge in [0.15, 0.2) is 46.0 Å². The number of hydrogen-bond acceptors (Lipinski definition) is 13. The van der Waals surface area contributed by atoms with Gasteiger partial charge in [0, 0.05) is 41.3 Å². The fourth-order valence-electron chi connectivity index (χ4n) is 6.40. The molecular formula is C32H32Cl8N10O8P6. The van der Waals surface area contributed by atoms with E-state index in [9.17, 15) is 0 Å². The summed E-state index contributed by atoms with van der Waals surface area (Å²) in [5.41, 5.74) is 2.57. The van der Waals surface area contributed by atoms with Crippen molar-refractivity contribution in [2.24, 2.45) is 22.6 Å². The topological polar surface area (TPSA) is 200 Å². The van der Waals surface area contributed by atoms with Crippen molar-refractivity contribution in [2.45, 2.75) is 0 Å². The molecule has 0 spiro atoms. The first-order valence-corrected chi connectivity index (χ1v) is 35.9. The smallest absolute Gasteiger partial charge is 0.427 e. The molecule has 6 aliphatic heterocycles. The SMILES string of the molecule is ClP1(Cl)=NP(Cl)(Cl)=NP(Nc2ccc3c(c2)OCCO3)(Nc2ccc3c(c2)OCCO3)=N1.ClP1(Cl)=NP(Nc2ccc3c(c2)OCCO3)(=[NH+]c2ccc3c(c2)OCCO3)N=P(Cl)(Cl)[N-]1. The highest BCUT2D eigenvalue weighted by Gasteiger charge is 2.36. The van der Waals surface area contributed by atoms with Crippen molar-refractivity contribution < 1.29 is 42.6 Å². The highest BCUT2D eigenvalue weighted by atomic mass is 35.9. The van der Waals surface area contributed by atoms with Gasteiger partial charge in [-0.1, -0.05) is 45.0 Å². The molecule has 4 aromatic rings. The Hall–Kier alpha value is -1.66. The summed E-state index contributed by atoms with van der Waals surface area (Å²) in [4.78, 5) is 4.07. The number of benzene rings is 4. The summed E-state index contributed by atoms with van der Waals surface area (Å²) < 4.78 is 70.7. The minimum Gasteiger partial charge on any atom is -0.528 e. The third kappa shape index (κ3) is 11.8. The number of fused-ring (bicyclic) bond motifs is 4. The van der Waals surface area contributed by atoms with Gasteiger partial charge in [-0.05, 0) is 87.4 Å². The molecule has 4 aromatic carbocycles. The lowest BCUT2D eigenvalue weighted by Gasteiger charge is -2.36. The van der Waals surface area contributed by atoms with Gasteiger partial charge in [0.05, 0.1) is 17.9 Å². The van der Waals surface area contributed by atoms with Gasteiger partial charge in [0.2, 0.25) is 5.69 Å². The molecule has 0 aliphatic carbocycles. The van der Waals surface area contributed by atoms with Crippen LogP contribution < -0.4 is 57.9 Å². The molecular weight excluding hydrogens is 1120 g/mol. The van der Waals surface area contributed by atoms with Gasteiger partial charge in [0.1, 0.15) is 52.9 Å². The summed E-state index contributed by atoms with van der Waals surface area (Å²) in [5.74, 6) is -7.84. The molecule has 0 saturated heterocycles. The number of halogens is 8. The van der Waals surface area contributed by atoms with Gasteiger partial charge in [-0.15, -0.1) is 0 Å². The zero-order valence-electron chi connectivity index (χ0n) is 32.2. The zero-order chi connectivity index (χ0) is 44.8. The van der Waals surface area contributed by atoms with Crippen molar-refractivity contribution in [1.29, 1.82) is 0 Å². The Morgan fingerprint density at radius 2 is 0.766 bits per heavy atom. The highest BCUT2D eigenvalue weighted by molar-refractivity contribution is 8.28. The van der Waals surface area contributed by atoms with Crippen LogP contribution >= 0.6 is 129 Å². The normalized spacial score (nSPS) is 21.4. The van der Waals surface area contributed by atoms with Gasteiger partial charge in [-0.3, -0.25) is 5.09 Å².